The summed E-state index contributed by atoms with van der Waals surface area (Å²) in [4.78, 5) is 18.5. The van der Waals surface area contributed by atoms with Gasteiger partial charge in [0, 0.05) is 31.5 Å². The lowest BCUT2D eigenvalue weighted by Crippen LogP contribution is -2.39. The van der Waals surface area contributed by atoms with E-state index in [9.17, 15) is 4.79 Å². The van der Waals surface area contributed by atoms with E-state index < -0.39 is 0 Å². The monoisotopic (exact) mass is 357 g/mol. The summed E-state index contributed by atoms with van der Waals surface area (Å²) in [6, 6.07) is 2.65. The van der Waals surface area contributed by atoms with E-state index in [4.69, 9.17) is 9.84 Å². The van der Waals surface area contributed by atoms with E-state index in [2.05, 4.69) is 33.7 Å². The first-order chi connectivity index (χ1) is 12.5. The number of carbonyl (C=O) groups is 1. The van der Waals surface area contributed by atoms with E-state index >= 15 is 0 Å². The second kappa shape index (κ2) is 7.86. The number of piperidine rings is 1. The molecule has 3 rings (SSSR count). The molecule has 1 N–H and O–H groups in total. The highest BCUT2D eigenvalue weighted by Gasteiger charge is 2.23. The molecular formula is C19H27N5O2. The Bertz CT molecular complexity index is 763. The first kappa shape index (κ1) is 18.4. The number of carbonyl (C=O) groups excluding carboxylic acids is 1. The number of likely N-dealkylation sites (tertiary alicyclic amines) is 1. The van der Waals surface area contributed by atoms with Crippen LogP contribution >= 0.6 is 0 Å². The number of pyridine rings is 1. The predicted molar refractivity (Wildman–Crippen MR) is 101 cm³/mol. The van der Waals surface area contributed by atoms with Crippen molar-refractivity contribution < 1.29 is 9.53 Å². The largest absolute Gasteiger partial charge is 0.465 e. The highest BCUT2D eigenvalue weighted by Crippen LogP contribution is 2.28. The summed E-state index contributed by atoms with van der Waals surface area (Å²) in [7, 11) is 1.37. The summed E-state index contributed by atoms with van der Waals surface area (Å²) < 4.78 is 6.90. The van der Waals surface area contributed by atoms with E-state index in [1.54, 1.807) is 18.5 Å². The van der Waals surface area contributed by atoms with E-state index in [1.165, 1.54) is 7.11 Å². The van der Waals surface area contributed by atoms with E-state index in [1.807, 2.05) is 13.1 Å². The van der Waals surface area contributed by atoms with Gasteiger partial charge in [0.2, 0.25) is 0 Å². The first-order valence-corrected chi connectivity index (χ1v) is 9.08. The van der Waals surface area contributed by atoms with Gasteiger partial charge in [0.05, 0.1) is 42.0 Å². The number of anilines is 2. The summed E-state index contributed by atoms with van der Waals surface area (Å²) in [5, 5.41) is 7.98. The highest BCUT2D eigenvalue weighted by molar-refractivity contribution is 5.96. The van der Waals surface area contributed by atoms with Crippen LogP contribution in [0.2, 0.25) is 0 Å². The fourth-order valence-corrected chi connectivity index (χ4v) is 3.39. The summed E-state index contributed by atoms with van der Waals surface area (Å²) in [6.07, 6.45) is 7.43. The molecule has 0 amide bonds. The molecule has 0 unspecified atom stereocenters. The van der Waals surface area contributed by atoms with Gasteiger partial charge in [-0.1, -0.05) is 0 Å². The number of nitrogens with one attached hydrogen (secondary N) is 1. The summed E-state index contributed by atoms with van der Waals surface area (Å²) in [5.74, 6) is -0.388. The van der Waals surface area contributed by atoms with Crippen molar-refractivity contribution in [3.63, 3.8) is 0 Å². The molecule has 7 nitrogen and oxygen atoms in total. The lowest BCUT2D eigenvalue weighted by molar-refractivity contribution is 0.0602. The van der Waals surface area contributed by atoms with Gasteiger partial charge in [0.15, 0.2) is 0 Å². The number of rotatable bonds is 5. The number of nitrogens with zero attached hydrogens (tertiary/aromatic N) is 4. The molecule has 140 valence electrons. The van der Waals surface area contributed by atoms with Gasteiger partial charge in [-0.3, -0.25) is 9.67 Å². The van der Waals surface area contributed by atoms with Crippen LogP contribution in [-0.2, 0) is 4.74 Å². The summed E-state index contributed by atoms with van der Waals surface area (Å²) in [5.41, 5.74) is 2.86. The average Bonchev–Trinajstić information content (AvgIpc) is 3.02. The zero-order chi connectivity index (χ0) is 18.7. The number of esters is 1. The molecule has 0 spiro atoms. The number of hydrogen-bond acceptors (Lipinski definition) is 6. The lowest BCUT2D eigenvalue weighted by Gasteiger charge is -2.34. The van der Waals surface area contributed by atoms with Gasteiger partial charge in [-0.05, 0) is 39.7 Å². The van der Waals surface area contributed by atoms with Crippen LogP contribution in [0.1, 0.15) is 48.8 Å². The Kier molecular flexibility index (Phi) is 5.56. The standard InChI is InChI=1S/C19H27N5O2/c1-13(2)23-9-6-15(7-10-23)24-12-18(14(3)22-24)21-17-11-20-8-5-16(17)19(25)26-4/h5,8,11-13,15,21H,6-7,9-10H2,1-4H3. The molecule has 0 aliphatic carbocycles. The quantitative estimate of drug-likeness (QED) is 0.829. The number of aromatic nitrogens is 3. The number of methoxy groups -OCH3 is 1. The van der Waals surface area contributed by atoms with Crippen LogP contribution in [0.25, 0.3) is 0 Å². The number of ether oxygens (including phenoxy) is 1. The van der Waals surface area contributed by atoms with Gasteiger partial charge >= 0.3 is 5.97 Å². The number of aryl methyl sites for hydroxylation is 1. The maximum Gasteiger partial charge on any atom is 0.340 e. The molecule has 0 saturated carbocycles. The minimum absolute atomic E-state index is 0.388. The van der Waals surface area contributed by atoms with Crippen LogP contribution in [0.15, 0.2) is 24.7 Å². The maximum absolute atomic E-state index is 11.9. The van der Waals surface area contributed by atoms with Crippen molar-refractivity contribution in [2.45, 2.75) is 45.7 Å². The third-order valence-corrected chi connectivity index (χ3v) is 5.02. The van der Waals surface area contributed by atoms with E-state index in [0.29, 0.717) is 23.3 Å². The fourth-order valence-electron chi connectivity index (χ4n) is 3.39. The molecule has 7 heteroatoms. The molecule has 3 heterocycles. The van der Waals surface area contributed by atoms with Crippen molar-refractivity contribution in [3.8, 4) is 0 Å². The molecule has 26 heavy (non-hydrogen) atoms. The second-order valence-corrected chi connectivity index (χ2v) is 7.01. The Morgan fingerprint density at radius 2 is 2.04 bits per heavy atom. The van der Waals surface area contributed by atoms with Crippen molar-refractivity contribution in [2.24, 2.45) is 0 Å². The molecule has 1 aliphatic rings. The molecule has 2 aromatic heterocycles. The average molecular weight is 357 g/mol. The Labute approximate surface area is 154 Å². The normalized spacial score (nSPS) is 16.0. The molecule has 1 aliphatic heterocycles. The molecular weight excluding hydrogens is 330 g/mol. The molecule has 0 aromatic carbocycles. The topological polar surface area (TPSA) is 72.3 Å². The minimum Gasteiger partial charge on any atom is -0.465 e. The highest BCUT2D eigenvalue weighted by atomic mass is 16.5. The van der Waals surface area contributed by atoms with Crippen LogP contribution in [0.5, 0.6) is 0 Å². The van der Waals surface area contributed by atoms with E-state index in [-0.39, 0.29) is 5.97 Å². The first-order valence-electron chi connectivity index (χ1n) is 9.08. The maximum atomic E-state index is 11.9. The SMILES string of the molecule is COC(=O)c1ccncc1Nc1cn(C2CCN(C(C)C)CC2)nc1C. The van der Waals surface area contributed by atoms with Crippen LogP contribution in [0, 0.1) is 6.92 Å². The lowest BCUT2D eigenvalue weighted by atomic mass is 10.0. The van der Waals surface area contributed by atoms with Crippen molar-refractivity contribution in [2.75, 3.05) is 25.5 Å². The Balaban J connectivity index is 1.75. The van der Waals surface area contributed by atoms with E-state index in [0.717, 1.165) is 37.3 Å². The van der Waals surface area contributed by atoms with Gasteiger partial charge in [-0.25, -0.2) is 4.79 Å². The van der Waals surface area contributed by atoms with Crippen molar-refractivity contribution in [1.29, 1.82) is 0 Å². The molecule has 2 aromatic rings. The molecule has 0 bridgehead atoms. The van der Waals surface area contributed by atoms with Gasteiger partial charge < -0.3 is 15.0 Å². The van der Waals surface area contributed by atoms with Crippen molar-refractivity contribution in [3.05, 3.63) is 35.9 Å². The summed E-state index contributed by atoms with van der Waals surface area (Å²) in [6.45, 7) is 8.65. The molecule has 1 fully saturated rings. The predicted octanol–water partition coefficient (Wildman–Crippen LogP) is 3.16. The second-order valence-electron chi connectivity index (χ2n) is 7.01. The van der Waals surface area contributed by atoms with Crippen molar-refractivity contribution >= 4 is 17.3 Å². The van der Waals surface area contributed by atoms with Gasteiger partial charge in [-0.15, -0.1) is 0 Å². The molecule has 0 radical (unpaired) electrons. The zero-order valence-corrected chi connectivity index (χ0v) is 15.9. The molecule has 0 atom stereocenters. The minimum atomic E-state index is -0.388. The smallest absolute Gasteiger partial charge is 0.340 e. The van der Waals surface area contributed by atoms with Crippen molar-refractivity contribution in [1.82, 2.24) is 19.7 Å². The third-order valence-electron chi connectivity index (χ3n) is 5.02. The molecule has 1 saturated heterocycles. The fraction of sp³-hybridized carbons (Fsp3) is 0.526. The van der Waals surface area contributed by atoms with Crippen LogP contribution in [-0.4, -0.2) is 51.9 Å². The van der Waals surface area contributed by atoms with Gasteiger partial charge in [-0.2, -0.15) is 5.10 Å². The summed E-state index contributed by atoms with van der Waals surface area (Å²) >= 11 is 0. The van der Waals surface area contributed by atoms with Crippen LogP contribution < -0.4 is 5.32 Å². The number of hydrogen-bond donors (Lipinski definition) is 1. The zero-order valence-electron chi connectivity index (χ0n) is 15.9. The van der Waals surface area contributed by atoms with Crippen LogP contribution in [0.4, 0.5) is 11.4 Å². The Morgan fingerprint density at radius 1 is 1.31 bits per heavy atom. The Hall–Kier alpha value is -2.41. The Morgan fingerprint density at radius 3 is 2.69 bits per heavy atom. The third kappa shape index (κ3) is 3.88. The van der Waals surface area contributed by atoms with Gasteiger partial charge in [0.1, 0.15) is 0 Å². The van der Waals surface area contributed by atoms with Gasteiger partial charge in [0.25, 0.3) is 0 Å². The van der Waals surface area contributed by atoms with Crippen LogP contribution in [0.3, 0.4) is 0 Å².